The molecule has 0 aliphatic carbocycles. The van der Waals surface area contributed by atoms with Gasteiger partial charge in [0, 0.05) is 31.4 Å². The van der Waals surface area contributed by atoms with Gasteiger partial charge in [-0.2, -0.15) is 0 Å². The maximum atomic E-state index is 13.5. The second-order valence-electron chi connectivity index (χ2n) is 8.26. The molecule has 1 aromatic carbocycles. The molecule has 1 atom stereocenters. The summed E-state index contributed by atoms with van der Waals surface area (Å²) < 4.78 is 1.95. The summed E-state index contributed by atoms with van der Waals surface area (Å²) in [6, 6.07) is 8.12. The van der Waals surface area contributed by atoms with E-state index in [4.69, 9.17) is 0 Å². The third-order valence-electron chi connectivity index (χ3n) is 5.79. The number of nitrogens with zero attached hydrogens (tertiary/aromatic N) is 4. The largest absolute Gasteiger partial charge is 0.348 e. The molecule has 0 saturated heterocycles. The molecular formula is C22H29N5O2. The minimum Gasteiger partial charge on any atom is -0.348 e. The number of carbonyl (C=O) groups is 2. The molecule has 0 fully saturated rings. The molecule has 0 spiro atoms. The molecule has 2 aliphatic heterocycles. The standard InChI is InChI=1S/C22H29N5O2/c1-15-14-16-8-4-5-9-17(16)27(15)22(29)19-18-10-6-7-12-26(18)20(24-19)21(28)23-11-13-25(2)3/h4-5,8-9,15H,6-7,10-14H2,1-3H3,(H,23,28). The molecule has 0 saturated carbocycles. The molecule has 29 heavy (non-hydrogen) atoms. The highest BCUT2D eigenvalue weighted by Crippen LogP contribution is 2.34. The number of hydrogen-bond donors (Lipinski definition) is 1. The lowest BCUT2D eigenvalue weighted by molar-refractivity contribution is 0.0935. The predicted octanol–water partition coefficient (Wildman–Crippen LogP) is 2.10. The first kappa shape index (κ1) is 19.6. The number of likely N-dealkylation sites (N-methyl/N-ethyl adjacent to an activating group) is 1. The molecule has 0 radical (unpaired) electrons. The number of amides is 2. The summed E-state index contributed by atoms with van der Waals surface area (Å²) in [5, 5.41) is 2.94. The van der Waals surface area contributed by atoms with Crippen molar-refractivity contribution in [3.05, 3.63) is 47.0 Å². The average Bonchev–Trinajstić information content (AvgIpc) is 3.24. The van der Waals surface area contributed by atoms with E-state index in [1.165, 1.54) is 5.56 Å². The van der Waals surface area contributed by atoms with Crippen molar-refractivity contribution >= 4 is 17.5 Å². The van der Waals surface area contributed by atoms with Gasteiger partial charge in [0.05, 0.1) is 5.69 Å². The Kier molecular flexibility index (Phi) is 5.41. The molecule has 1 N–H and O–H groups in total. The van der Waals surface area contributed by atoms with Crippen molar-refractivity contribution in [3.8, 4) is 0 Å². The summed E-state index contributed by atoms with van der Waals surface area (Å²) in [7, 11) is 3.94. The molecule has 3 heterocycles. The number of rotatable bonds is 5. The van der Waals surface area contributed by atoms with Gasteiger partial charge < -0.3 is 19.7 Å². The van der Waals surface area contributed by atoms with Crippen LogP contribution < -0.4 is 10.2 Å². The van der Waals surface area contributed by atoms with Gasteiger partial charge in [-0.1, -0.05) is 18.2 Å². The zero-order chi connectivity index (χ0) is 20.5. The third kappa shape index (κ3) is 3.67. The summed E-state index contributed by atoms with van der Waals surface area (Å²) in [5.41, 5.74) is 3.48. The van der Waals surface area contributed by atoms with Gasteiger partial charge in [-0.05, 0) is 58.3 Å². The van der Waals surface area contributed by atoms with Crippen LogP contribution in [0.1, 0.15) is 52.1 Å². The molecule has 154 valence electrons. The third-order valence-corrected chi connectivity index (χ3v) is 5.79. The van der Waals surface area contributed by atoms with E-state index in [1.54, 1.807) is 0 Å². The van der Waals surface area contributed by atoms with Crippen LogP contribution in [0.2, 0.25) is 0 Å². The van der Waals surface area contributed by atoms with Gasteiger partial charge in [-0.25, -0.2) is 4.98 Å². The van der Waals surface area contributed by atoms with Crippen LogP contribution in [0.25, 0.3) is 0 Å². The number of para-hydroxylation sites is 1. The van der Waals surface area contributed by atoms with Crippen molar-refractivity contribution in [1.29, 1.82) is 0 Å². The van der Waals surface area contributed by atoms with Crippen LogP contribution in [-0.2, 0) is 19.4 Å². The Balaban J connectivity index is 1.65. The van der Waals surface area contributed by atoms with Gasteiger partial charge in [-0.15, -0.1) is 0 Å². The highest BCUT2D eigenvalue weighted by Gasteiger charge is 2.36. The van der Waals surface area contributed by atoms with Crippen molar-refractivity contribution in [1.82, 2.24) is 19.8 Å². The smallest absolute Gasteiger partial charge is 0.287 e. The van der Waals surface area contributed by atoms with Crippen molar-refractivity contribution in [3.63, 3.8) is 0 Å². The van der Waals surface area contributed by atoms with E-state index in [0.717, 1.165) is 50.2 Å². The number of nitrogens with one attached hydrogen (secondary N) is 1. The van der Waals surface area contributed by atoms with E-state index in [-0.39, 0.29) is 17.9 Å². The molecule has 7 heteroatoms. The summed E-state index contributed by atoms with van der Waals surface area (Å²) in [4.78, 5) is 34.8. The van der Waals surface area contributed by atoms with E-state index in [9.17, 15) is 9.59 Å². The number of benzene rings is 1. The number of aromatic nitrogens is 2. The Morgan fingerprint density at radius 3 is 2.83 bits per heavy atom. The first-order chi connectivity index (χ1) is 14.0. The first-order valence-electron chi connectivity index (χ1n) is 10.4. The summed E-state index contributed by atoms with van der Waals surface area (Å²) in [6.45, 7) is 4.11. The fourth-order valence-electron chi connectivity index (χ4n) is 4.35. The minimum atomic E-state index is -0.205. The second kappa shape index (κ2) is 7.99. The van der Waals surface area contributed by atoms with Crippen LogP contribution in [0.15, 0.2) is 24.3 Å². The Labute approximate surface area is 171 Å². The number of hydrogen-bond acceptors (Lipinski definition) is 4. The molecule has 7 nitrogen and oxygen atoms in total. The number of fused-ring (bicyclic) bond motifs is 2. The lowest BCUT2D eigenvalue weighted by atomic mass is 10.1. The maximum absolute atomic E-state index is 13.5. The quantitative estimate of drug-likeness (QED) is 0.842. The topological polar surface area (TPSA) is 70.5 Å². The Morgan fingerprint density at radius 1 is 1.24 bits per heavy atom. The molecule has 2 aromatic rings. The van der Waals surface area contributed by atoms with Crippen molar-refractivity contribution in [2.75, 3.05) is 32.1 Å². The highest BCUT2D eigenvalue weighted by molar-refractivity contribution is 6.08. The van der Waals surface area contributed by atoms with Crippen LogP contribution in [0.3, 0.4) is 0 Å². The first-order valence-corrected chi connectivity index (χ1v) is 10.4. The number of carbonyl (C=O) groups excluding carboxylic acids is 2. The van der Waals surface area contributed by atoms with E-state index >= 15 is 0 Å². The van der Waals surface area contributed by atoms with Crippen molar-refractivity contribution < 1.29 is 9.59 Å². The fraction of sp³-hybridized carbons (Fsp3) is 0.500. The SMILES string of the molecule is CC1Cc2ccccc2N1C(=O)c1nc(C(=O)NCCN(C)C)n2c1CCCC2. The van der Waals surface area contributed by atoms with Crippen molar-refractivity contribution in [2.45, 2.75) is 45.2 Å². The molecule has 1 unspecified atom stereocenters. The van der Waals surface area contributed by atoms with Crippen LogP contribution in [0.4, 0.5) is 5.69 Å². The van der Waals surface area contributed by atoms with Gasteiger partial charge in [0.2, 0.25) is 0 Å². The van der Waals surface area contributed by atoms with Gasteiger partial charge >= 0.3 is 0 Å². The fourth-order valence-corrected chi connectivity index (χ4v) is 4.35. The molecule has 4 rings (SSSR count). The van der Waals surface area contributed by atoms with Crippen molar-refractivity contribution in [2.24, 2.45) is 0 Å². The average molecular weight is 396 g/mol. The van der Waals surface area contributed by atoms with Crippen LogP contribution in [0.5, 0.6) is 0 Å². The van der Waals surface area contributed by atoms with Gasteiger partial charge in [0.25, 0.3) is 11.8 Å². The molecule has 1 aromatic heterocycles. The summed E-state index contributed by atoms with van der Waals surface area (Å²) in [5.74, 6) is 0.0614. The van der Waals surface area contributed by atoms with Gasteiger partial charge in [-0.3, -0.25) is 9.59 Å². The van der Waals surface area contributed by atoms with E-state index < -0.39 is 0 Å². The van der Waals surface area contributed by atoms with E-state index in [0.29, 0.717) is 18.1 Å². The second-order valence-corrected chi connectivity index (χ2v) is 8.26. The zero-order valence-corrected chi connectivity index (χ0v) is 17.4. The van der Waals surface area contributed by atoms with Crippen LogP contribution >= 0.6 is 0 Å². The van der Waals surface area contributed by atoms with E-state index in [1.807, 2.05) is 46.7 Å². The van der Waals surface area contributed by atoms with Gasteiger partial charge in [0.1, 0.15) is 0 Å². The van der Waals surface area contributed by atoms with Crippen LogP contribution in [0, 0.1) is 0 Å². The molecule has 0 bridgehead atoms. The zero-order valence-electron chi connectivity index (χ0n) is 17.4. The summed E-state index contributed by atoms with van der Waals surface area (Å²) >= 11 is 0. The monoisotopic (exact) mass is 395 g/mol. The molecular weight excluding hydrogens is 366 g/mol. The van der Waals surface area contributed by atoms with Gasteiger partial charge in [0.15, 0.2) is 11.5 Å². The lowest BCUT2D eigenvalue weighted by Gasteiger charge is -2.23. The Bertz CT molecular complexity index is 933. The normalized spacial score (nSPS) is 17.9. The maximum Gasteiger partial charge on any atom is 0.287 e. The number of imidazole rings is 1. The van der Waals surface area contributed by atoms with E-state index in [2.05, 4.69) is 23.3 Å². The highest BCUT2D eigenvalue weighted by atomic mass is 16.2. The van der Waals surface area contributed by atoms with Crippen LogP contribution in [-0.4, -0.2) is 59.5 Å². The number of anilines is 1. The molecule has 2 amide bonds. The molecule has 2 aliphatic rings. The Hall–Kier alpha value is -2.67. The predicted molar refractivity (Wildman–Crippen MR) is 112 cm³/mol. The lowest BCUT2D eigenvalue weighted by Crippen LogP contribution is -2.36. The summed E-state index contributed by atoms with van der Waals surface area (Å²) in [6.07, 6.45) is 3.64. The Morgan fingerprint density at radius 2 is 2.03 bits per heavy atom. The minimum absolute atomic E-state index is 0.0817.